The second kappa shape index (κ2) is 5.56. The second-order valence-corrected chi connectivity index (χ2v) is 6.13. The monoisotopic (exact) mass is 293 g/mol. The van der Waals surface area contributed by atoms with Crippen LogP contribution in [0, 0.1) is 27.7 Å². The van der Waals surface area contributed by atoms with Gasteiger partial charge in [0.25, 0.3) is 0 Å². The van der Waals surface area contributed by atoms with Crippen molar-refractivity contribution in [2.75, 3.05) is 0 Å². The maximum Gasteiger partial charge on any atom is 0.137 e. The number of nitrogens with zero attached hydrogens (tertiary/aromatic N) is 2. The van der Waals surface area contributed by atoms with Gasteiger partial charge in [-0.1, -0.05) is 6.92 Å². The Bertz CT molecular complexity index is 843. The van der Waals surface area contributed by atoms with Gasteiger partial charge in [-0.2, -0.15) is 0 Å². The highest BCUT2D eigenvalue weighted by atomic mass is 14.8. The number of H-pyrrole nitrogens is 1. The molecule has 22 heavy (non-hydrogen) atoms. The fraction of sp³-hybridized carbons (Fsp3) is 0.368. The van der Waals surface area contributed by atoms with Crippen molar-refractivity contribution in [3.63, 3.8) is 0 Å². The van der Waals surface area contributed by atoms with Crippen LogP contribution in [-0.2, 0) is 12.8 Å². The summed E-state index contributed by atoms with van der Waals surface area (Å²) >= 11 is 0. The zero-order chi connectivity index (χ0) is 15.9. The Labute approximate surface area is 131 Å². The SMILES string of the molecule is CCc1nc(C)c(Cc2c[nH]c3ncc(C)cc23)c(C)c1C. The van der Waals surface area contributed by atoms with Gasteiger partial charge in [-0.05, 0) is 68.0 Å². The number of rotatable bonds is 3. The molecule has 0 aliphatic heterocycles. The summed E-state index contributed by atoms with van der Waals surface area (Å²) in [5.74, 6) is 0. The lowest BCUT2D eigenvalue weighted by atomic mass is 9.94. The summed E-state index contributed by atoms with van der Waals surface area (Å²) in [7, 11) is 0. The van der Waals surface area contributed by atoms with E-state index >= 15 is 0 Å². The minimum Gasteiger partial charge on any atom is -0.346 e. The van der Waals surface area contributed by atoms with E-state index in [4.69, 9.17) is 4.98 Å². The second-order valence-electron chi connectivity index (χ2n) is 6.13. The molecule has 0 aliphatic rings. The topological polar surface area (TPSA) is 41.6 Å². The molecule has 114 valence electrons. The van der Waals surface area contributed by atoms with Crippen molar-refractivity contribution in [2.24, 2.45) is 0 Å². The molecule has 0 saturated heterocycles. The number of pyridine rings is 2. The van der Waals surface area contributed by atoms with E-state index in [0.717, 1.165) is 24.2 Å². The van der Waals surface area contributed by atoms with Crippen molar-refractivity contribution in [2.45, 2.75) is 47.5 Å². The molecule has 3 heterocycles. The van der Waals surface area contributed by atoms with E-state index in [1.807, 2.05) is 6.20 Å². The first-order valence-electron chi connectivity index (χ1n) is 7.89. The van der Waals surface area contributed by atoms with Crippen LogP contribution in [0.15, 0.2) is 18.5 Å². The zero-order valence-electron chi connectivity index (χ0n) is 14.0. The molecule has 3 nitrogen and oxygen atoms in total. The highest BCUT2D eigenvalue weighted by molar-refractivity contribution is 5.80. The van der Waals surface area contributed by atoms with E-state index in [9.17, 15) is 0 Å². The van der Waals surface area contributed by atoms with Crippen LogP contribution in [0.2, 0.25) is 0 Å². The average molecular weight is 293 g/mol. The molecular weight excluding hydrogens is 270 g/mol. The smallest absolute Gasteiger partial charge is 0.137 e. The van der Waals surface area contributed by atoms with Crippen LogP contribution in [0.3, 0.4) is 0 Å². The molecule has 1 N–H and O–H groups in total. The molecule has 0 aliphatic carbocycles. The van der Waals surface area contributed by atoms with Crippen LogP contribution in [0.1, 0.15) is 46.1 Å². The fourth-order valence-electron chi connectivity index (χ4n) is 3.17. The predicted molar refractivity (Wildman–Crippen MR) is 91.5 cm³/mol. The molecule has 0 unspecified atom stereocenters. The van der Waals surface area contributed by atoms with E-state index < -0.39 is 0 Å². The minimum atomic E-state index is 0.903. The first-order chi connectivity index (χ1) is 10.5. The van der Waals surface area contributed by atoms with Gasteiger partial charge >= 0.3 is 0 Å². The first kappa shape index (κ1) is 14.8. The molecule has 0 atom stereocenters. The van der Waals surface area contributed by atoms with Crippen molar-refractivity contribution < 1.29 is 0 Å². The lowest BCUT2D eigenvalue weighted by molar-refractivity contribution is 0.937. The van der Waals surface area contributed by atoms with Crippen LogP contribution < -0.4 is 0 Å². The maximum atomic E-state index is 4.80. The number of hydrogen-bond acceptors (Lipinski definition) is 2. The third-order valence-electron chi connectivity index (χ3n) is 4.64. The third-order valence-corrected chi connectivity index (χ3v) is 4.64. The molecule has 0 radical (unpaired) electrons. The molecule has 0 aromatic carbocycles. The third kappa shape index (κ3) is 2.41. The minimum absolute atomic E-state index is 0.903. The largest absolute Gasteiger partial charge is 0.346 e. The number of aromatic amines is 1. The summed E-state index contributed by atoms with van der Waals surface area (Å²) in [6, 6.07) is 2.21. The summed E-state index contributed by atoms with van der Waals surface area (Å²) in [5, 5.41) is 1.22. The molecule has 3 aromatic rings. The van der Waals surface area contributed by atoms with Crippen molar-refractivity contribution >= 4 is 11.0 Å². The van der Waals surface area contributed by atoms with Crippen molar-refractivity contribution in [1.29, 1.82) is 0 Å². The van der Waals surface area contributed by atoms with Gasteiger partial charge in [0.15, 0.2) is 0 Å². The van der Waals surface area contributed by atoms with E-state index in [2.05, 4.69) is 56.8 Å². The zero-order valence-corrected chi connectivity index (χ0v) is 14.0. The van der Waals surface area contributed by atoms with Crippen LogP contribution in [0.25, 0.3) is 11.0 Å². The number of fused-ring (bicyclic) bond motifs is 1. The number of nitrogens with one attached hydrogen (secondary N) is 1. The van der Waals surface area contributed by atoms with Gasteiger partial charge in [-0.3, -0.25) is 4.98 Å². The van der Waals surface area contributed by atoms with Crippen LogP contribution >= 0.6 is 0 Å². The van der Waals surface area contributed by atoms with Gasteiger partial charge in [-0.25, -0.2) is 4.98 Å². The van der Waals surface area contributed by atoms with Crippen LogP contribution in [0.4, 0.5) is 0 Å². The number of aryl methyl sites for hydroxylation is 3. The molecule has 3 heteroatoms. The van der Waals surface area contributed by atoms with Crippen LogP contribution in [0.5, 0.6) is 0 Å². The maximum absolute atomic E-state index is 4.80. The summed E-state index contributed by atoms with van der Waals surface area (Å²) in [4.78, 5) is 12.5. The van der Waals surface area contributed by atoms with Gasteiger partial charge in [0.1, 0.15) is 5.65 Å². The quantitative estimate of drug-likeness (QED) is 0.780. The highest BCUT2D eigenvalue weighted by Gasteiger charge is 2.13. The van der Waals surface area contributed by atoms with Gasteiger partial charge in [0.05, 0.1) is 0 Å². The highest BCUT2D eigenvalue weighted by Crippen LogP contribution is 2.26. The van der Waals surface area contributed by atoms with Crippen molar-refractivity contribution in [3.05, 3.63) is 57.7 Å². The molecule has 0 fully saturated rings. The summed E-state index contributed by atoms with van der Waals surface area (Å²) in [6.07, 6.45) is 5.88. The Morgan fingerprint density at radius 3 is 2.59 bits per heavy atom. The molecule has 0 amide bonds. The van der Waals surface area contributed by atoms with E-state index in [0.29, 0.717) is 0 Å². The summed E-state index contributed by atoms with van der Waals surface area (Å²) in [5.41, 5.74) is 9.87. The van der Waals surface area contributed by atoms with Gasteiger partial charge in [-0.15, -0.1) is 0 Å². The summed E-state index contributed by atoms with van der Waals surface area (Å²) < 4.78 is 0. The van der Waals surface area contributed by atoms with E-state index in [1.165, 1.54) is 38.9 Å². The fourth-order valence-corrected chi connectivity index (χ4v) is 3.17. The number of hydrogen-bond donors (Lipinski definition) is 1. The van der Waals surface area contributed by atoms with E-state index in [1.54, 1.807) is 0 Å². The molecular formula is C19H23N3. The van der Waals surface area contributed by atoms with Gasteiger partial charge in [0.2, 0.25) is 0 Å². The lowest BCUT2D eigenvalue weighted by Gasteiger charge is -2.15. The Morgan fingerprint density at radius 2 is 1.86 bits per heavy atom. The molecule has 0 saturated carbocycles. The average Bonchev–Trinajstić information content (AvgIpc) is 2.89. The summed E-state index contributed by atoms with van der Waals surface area (Å²) in [6.45, 7) is 10.8. The van der Waals surface area contributed by atoms with Crippen molar-refractivity contribution in [1.82, 2.24) is 15.0 Å². The molecule has 0 bridgehead atoms. The molecule has 0 spiro atoms. The number of aromatic nitrogens is 3. The normalized spacial score (nSPS) is 11.3. The van der Waals surface area contributed by atoms with Gasteiger partial charge in [0, 0.05) is 35.6 Å². The Hall–Kier alpha value is -2.16. The Balaban J connectivity index is 2.09. The lowest BCUT2D eigenvalue weighted by Crippen LogP contribution is -2.05. The Morgan fingerprint density at radius 1 is 1.09 bits per heavy atom. The van der Waals surface area contributed by atoms with Crippen LogP contribution in [-0.4, -0.2) is 15.0 Å². The van der Waals surface area contributed by atoms with Crippen molar-refractivity contribution in [3.8, 4) is 0 Å². The first-order valence-corrected chi connectivity index (χ1v) is 7.89. The van der Waals surface area contributed by atoms with E-state index in [-0.39, 0.29) is 0 Å². The van der Waals surface area contributed by atoms with Gasteiger partial charge < -0.3 is 4.98 Å². The Kier molecular flexibility index (Phi) is 3.73. The molecule has 3 aromatic heterocycles. The molecule has 3 rings (SSSR count). The predicted octanol–water partition coefficient (Wildman–Crippen LogP) is 4.34. The standard InChI is InChI=1S/C19H23N3/c1-6-18-13(4)12(3)16(14(5)22-18)8-15-10-21-19-17(15)7-11(2)9-20-19/h7,9-10H,6,8H2,1-5H3,(H,20,21).